The summed E-state index contributed by atoms with van der Waals surface area (Å²) in [6.07, 6.45) is 1.01. The summed E-state index contributed by atoms with van der Waals surface area (Å²) in [7, 11) is 1.59. The van der Waals surface area contributed by atoms with E-state index < -0.39 is 0 Å². The highest BCUT2D eigenvalue weighted by atomic mass is 16.5. The molecule has 0 fully saturated rings. The van der Waals surface area contributed by atoms with E-state index in [2.05, 4.69) is 31.4 Å². The topological polar surface area (TPSA) is 50.4 Å². The van der Waals surface area contributed by atoms with Gasteiger partial charge < -0.3 is 15.4 Å². The molecule has 0 aliphatic heterocycles. The zero-order chi connectivity index (χ0) is 14.3. The number of hydrogen-bond acceptors (Lipinski definition) is 3. The van der Waals surface area contributed by atoms with Gasteiger partial charge in [-0.1, -0.05) is 32.9 Å². The smallest absolute Gasteiger partial charge is 0.238 e. The summed E-state index contributed by atoms with van der Waals surface area (Å²) in [6, 6.07) is 7.76. The molecule has 0 heterocycles. The number of carbonyl (C=O) groups is 1. The third-order valence-electron chi connectivity index (χ3n) is 3.15. The summed E-state index contributed by atoms with van der Waals surface area (Å²) < 4.78 is 5.20. The van der Waals surface area contributed by atoms with Gasteiger partial charge in [-0.15, -0.1) is 0 Å². The Kier molecular flexibility index (Phi) is 6.36. The van der Waals surface area contributed by atoms with Gasteiger partial charge in [0.15, 0.2) is 0 Å². The van der Waals surface area contributed by atoms with Crippen molar-refractivity contribution in [2.24, 2.45) is 5.92 Å². The first kappa shape index (κ1) is 15.5. The van der Waals surface area contributed by atoms with Crippen LogP contribution in [0.2, 0.25) is 0 Å². The van der Waals surface area contributed by atoms with E-state index in [1.54, 1.807) is 7.11 Å². The maximum Gasteiger partial charge on any atom is 0.238 e. The molecule has 0 spiro atoms. The van der Waals surface area contributed by atoms with Gasteiger partial charge in [0.2, 0.25) is 5.91 Å². The van der Waals surface area contributed by atoms with Crippen molar-refractivity contribution in [2.75, 3.05) is 19.0 Å². The molecule has 19 heavy (non-hydrogen) atoms. The van der Waals surface area contributed by atoms with Crippen LogP contribution in [0.25, 0.3) is 0 Å². The third-order valence-corrected chi connectivity index (χ3v) is 3.15. The van der Waals surface area contributed by atoms with Crippen LogP contribution in [0.4, 0.5) is 5.69 Å². The quantitative estimate of drug-likeness (QED) is 0.796. The Morgan fingerprint density at radius 1 is 1.32 bits per heavy atom. The minimum atomic E-state index is -0.0522. The maximum absolute atomic E-state index is 11.9. The summed E-state index contributed by atoms with van der Waals surface area (Å²) in [5, 5.41) is 6.13. The van der Waals surface area contributed by atoms with Crippen LogP contribution in [0.5, 0.6) is 5.75 Å². The van der Waals surface area contributed by atoms with E-state index in [9.17, 15) is 4.79 Å². The largest absolute Gasteiger partial charge is 0.495 e. The number of hydrogen-bond donors (Lipinski definition) is 2. The minimum absolute atomic E-state index is 0.0522. The van der Waals surface area contributed by atoms with E-state index in [1.807, 2.05) is 24.3 Å². The third kappa shape index (κ3) is 4.91. The summed E-state index contributed by atoms with van der Waals surface area (Å²) in [6.45, 7) is 6.74. The molecule has 1 unspecified atom stereocenters. The van der Waals surface area contributed by atoms with Crippen molar-refractivity contribution in [3.05, 3.63) is 24.3 Å². The first-order chi connectivity index (χ1) is 9.08. The molecule has 1 aromatic rings. The van der Waals surface area contributed by atoms with Gasteiger partial charge in [-0.05, 0) is 24.5 Å². The Morgan fingerprint density at radius 2 is 2.00 bits per heavy atom. The summed E-state index contributed by atoms with van der Waals surface area (Å²) in [4.78, 5) is 11.9. The number of carbonyl (C=O) groups excluding carboxylic acids is 1. The molecule has 1 aromatic carbocycles. The fraction of sp³-hybridized carbons (Fsp3) is 0.533. The fourth-order valence-electron chi connectivity index (χ4n) is 2.02. The molecular formula is C15H24N2O2. The molecule has 0 aliphatic carbocycles. The predicted molar refractivity (Wildman–Crippen MR) is 78.5 cm³/mol. The first-order valence-electron chi connectivity index (χ1n) is 6.74. The van der Waals surface area contributed by atoms with Crippen LogP contribution in [0.15, 0.2) is 24.3 Å². The van der Waals surface area contributed by atoms with Crippen LogP contribution in [0.1, 0.15) is 27.2 Å². The van der Waals surface area contributed by atoms with Crippen molar-refractivity contribution in [1.29, 1.82) is 0 Å². The molecular weight excluding hydrogens is 240 g/mol. The molecule has 0 bridgehead atoms. The SMILES string of the molecule is CCC(NCC(=O)Nc1ccccc1OC)C(C)C. The lowest BCUT2D eigenvalue weighted by Crippen LogP contribution is -2.38. The van der Waals surface area contributed by atoms with Gasteiger partial charge >= 0.3 is 0 Å². The second-order valence-electron chi connectivity index (χ2n) is 4.89. The Balaban J connectivity index is 2.51. The lowest BCUT2D eigenvalue weighted by atomic mass is 10.0. The van der Waals surface area contributed by atoms with Crippen molar-refractivity contribution in [3.8, 4) is 5.75 Å². The molecule has 4 heteroatoms. The zero-order valence-electron chi connectivity index (χ0n) is 12.2. The van der Waals surface area contributed by atoms with Gasteiger partial charge in [-0.3, -0.25) is 4.79 Å². The summed E-state index contributed by atoms with van der Waals surface area (Å²) >= 11 is 0. The van der Waals surface area contributed by atoms with Gasteiger partial charge in [0.25, 0.3) is 0 Å². The Labute approximate surface area is 115 Å². The van der Waals surface area contributed by atoms with E-state index in [0.29, 0.717) is 29.9 Å². The molecule has 106 valence electrons. The van der Waals surface area contributed by atoms with Crippen LogP contribution in [0.3, 0.4) is 0 Å². The molecule has 0 aromatic heterocycles. The second kappa shape index (κ2) is 7.79. The van der Waals surface area contributed by atoms with Crippen molar-refractivity contribution < 1.29 is 9.53 Å². The molecule has 2 N–H and O–H groups in total. The van der Waals surface area contributed by atoms with Gasteiger partial charge in [0, 0.05) is 6.04 Å². The minimum Gasteiger partial charge on any atom is -0.495 e. The Morgan fingerprint density at radius 3 is 2.58 bits per heavy atom. The molecule has 0 saturated carbocycles. The molecule has 1 amide bonds. The highest BCUT2D eigenvalue weighted by Gasteiger charge is 2.12. The molecule has 0 aliphatic rings. The van der Waals surface area contributed by atoms with Crippen molar-refractivity contribution in [1.82, 2.24) is 5.32 Å². The van der Waals surface area contributed by atoms with E-state index in [-0.39, 0.29) is 5.91 Å². The standard InChI is InChI=1S/C15H24N2O2/c1-5-12(11(2)3)16-10-15(18)17-13-8-6-7-9-14(13)19-4/h6-9,11-12,16H,5,10H2,1-4H3,(H,17,18). The van der Waals surface area contributed by atoms with Gasteiger partial charge in [0.1, 0.15) is 5.75 Å². The molecule has 4 nitrogen and oxygen atoms in total. The molecule has 1 rings (SSSR count). The number of benzene rings is 1. The van der Waals surface area contributed by atoms with Crippen LogP contribution in [-0.4, -0.2) is 25.6 Å². The first-order valence-corrected chi connectivity index (χ1v) is 6.74. The van der Waals surface area contributed by atoms with Crippen LogP contribution in [0, 0.1) is 5.92 Å². The molecule has 0 radical (unpaired) electrons. The van der Waals surface area contributed by atoms with Crippen molar-refractivity contribution >= 4 is 11.6 Å². The number of para-hydroxylation sites is 2. The van der Waals surface area contributed by atoms with Gasteiger partial charge in [-0.25, -0.2) is 0 Å². The average molecular weight is 264 g/mol. The van der Waals surface area contributed by atoms with E-state index in [4.69, 9.17) is 4.74 Å². The Bertz CT molecular complexity index is 405. The number of nitrogens with one attached hydrogen (secondary N) is 2. The summed E-state index contributed by atoms with van der Waals surface area (Å²) in [5.74, 6) is 1.14. The number of amides is 1. The van der Waals surface area contributed by atoms with E-state index in [0.717, 1.165) is 6.42 Å². The Hall–Kier alpha value is -1.55. The van der Waals surface area contributed by atoms with Crippen LogP contribution < -0.4 is 15.4 Å². The van der Waals surface area contributed by atoms with Crippen molar-refractivity contribution in [2.45, 2.75) is 33.2 Å². The normalized spacial score (nSPS) is 12.3. The molecule has 0 saturated heterocycles. The monoisotopic (exact) mass is 264 g/mol. The number of anilines is 1. The maximum atomic E-state index is 11.9. The average Bonchev–Trinajstić information content (AvgIpc) is 2.39. The number of rotatable bonds is 7. The molecule has 1 atom stereocenters. The lowest BCUT2D eigenvalue weighted by molar-refractivity contribution is -0.115. The highest BCUT2D eigenvalue weighted by molar-refractivity contribution is 5.93. The fourth-order valence-corrected chi connectivity index (χ4v) is 2.02. The number of ether oxygens (including phenoxy) is 1. The van der Waals surface area contributed by atoms with E-state index in [1.165, 1.54) is 0 Å². The lowest BCUT2D eigenvalue weighted by Gasteiger charge is -2.20. The van der Waals surface area contributed by atoms with Gasteiger partial charge in [-0.2, -0.15) is 0 Å². The van der Waals surface area contributed by atoms with E-state index >= 15 is 0 Å². The van der Waals surface area contributed by atoms with Gasteiger partial charge in [0.05, 0.1) is 19.3 Å². The number of methoxy groups -OCH3 is 1. The van der Waals surface area contributed by atoms with Crippen LogP contribution in [-0.2, 0) is 4.79 Å². The summed E-state index contributed by atoms with van der Waals surface area (Å²) in [5.41, 5.74) is 0.703. The zero-order valence-corrected chi connectivity index (χ0v) is 12.2. The predicted octanol–water partition coefficient (Wildman–Crippen LogP) is 2.66. The highest BCUT2D eigenvalue weighted by Crippen LogP contribution is 2.22. The van der Waals surface area contributed by atoms with Crippen LogP contribution >= 0.6 is 0 Å². The second-order valence-corrected chi connectivity index (χ2v) is 4.89. The van der Waals surface area contributed by atoms with Crippen molar-refractivity contribution in [3.63, 3.8) is 0 Å².